The van der Waals surface area contributed by atoms with Gasteiger partial charge >= 0.3 is 0 Å². The Balaban J connectivity index is 2.29. The molecule has 1 aromatic rings. The van der Waals surface area contributed by atoms with Crippen molar-refractivity contribution < 1.29 is 5.11 Å². The molecule has 1 aromatic carbocycles. The van der Waals surface area contributed by atoms with Crippen LogP contribution < -0.4 is 0 Å². The smallest absolute Gasteiger partial charge is 0.0790 e. The summed E-state index contributed by atoms with van der Waals surface area (Å²) in [5.41, 5.74) is 0.998. The molecule has 0 aliphatic carbocycles. The summed E-state index contributed by atoms with van der Waals surface area (Å²) < 4.78 is 1.02. The lowest BCUT2D eigenvalue weighted by Crippen LogP contribution is -1.97. The highest BCUT2D eigenvalue weighted by molar-refractivity contribution is 9.10. The molecule has 2 heteroatoms. The highest BCUT2D eigenvalue weighted by Gasteiger charge is 2.06. The van der Waals surface area contributed by atoms with Crippen LogP contribution >= 0.6 is 15.9 Å². The molecule has 16 heavy (non-hydrogen) atoms. The van der Waals surface area contributed by atoms with E-state index in [4.69, 9.17) is 0 Å². The first-order valence-corrected chi connectivity index (χ1v) is 6.57. The molecule has 0 fully saturated rings. The summed E-state index contributed by atoms with van der Waals surface area (Å²) in [5.74, 6) is 0. The summed E-state index contributed by atoms with van der Waals surface area (Å²) in [6.07, 6.45) is 6.94. The second-order valence-electron chi connectivity index (χ2n) is 4.00. The van der Waals surface area contributed by atoms with Gasteiger partial charge in [0.2, 0.25) is 0 Å². The van der Waals surface area contributed by atoms with Gasteiger partial charge in [0.05, 0.1) is 6.10 Å². The Hall–Kier alpha value is -0.600. The Morgan fingerprint density at radius 3 is 2.81 bits per heavy atom. The van der Waals surface area contributed by atoms with Crippen molar-refractivity contribution in [3.63, 3.8) is 0 Å². The fourth-order valence-corrected chi connectivity index (χ4v) is 2.10. The minimum atomic E-state index is -0.332. The van der Waals surface area contributed by atoms with Crippen molar-refractivity contribution in [3.05, 3.63) is 47.0 Å². The normalized spacial score (nSPS) is 12.4. The first kappa shape index (κ1) is 13.5. The van der Waals surface area contributed by atoms with Crippen LogP contribution in [0.1, 0.15) is 43.8 Å². The molecular weight excluding hydrogens is 264 g/mol. The van der Waals surface area contributed by atoms with E-state index in [0.717, 1.165) is 35.7 Å². The molecule has 0 aliphatic rings. The fourth-order valence-electron chi connectivity index (χ4n) is 1.68. The lowest BCUT2D eigenvalue weighted by Gasteiger charge is -2.10. The van der Waals surface area contributed by atoms with Crippen LogP contribution in [0.4, 0.5) is 0 Å². The predicted molar refractivity (Wildman–Crippen MR) is 72.4 cm³/mol. The number of aliphatic hydroxyl groups is 1. The molecule has 0 aromatic heterocycles. The zero-order valence-corrected chi connectivity index (χ0v) is 11.1. The first-order chi connectivity index (χ1) is 7.74. The van der Waals surface area contributed by atoms with Gasteiger partial charge in [-0.3, -0.25) is 0 Å². The number of hydrogen-bond acceptors (Lipinski definition) is 1. The summed E-state index contributed by atoms with van der Waals surface area (Å²) in [7, 11) is 0. The molecule has 0 heterocycles. The van der Waals surface area contributed by atoms with E-state index in [1.807, 2.05) is 30.3 Å². The molecule has 0 aliphatic heterocycles. The lowest BCUT2D eigenvalue weighted by atomic mass is 10.0. The highest BCUT2D eigenvalue weighted by atomic mass is 79.9. The van der Waals surface area contributed by atoms with Crippen molar-refractivity contribution in [2.75, 3.05) is 0 Å². The van der Waals surface area contributed by atoms with Crippen molar-refractivity contribution in [3.8, 4) is 0 Å². The molecule has 0 spiro atoms. The Bertz CT molecular complexity index is 322. The zero-order chi connectivity index (χ0) is 11.8. The van der Waals surface area contributed by atoms with Gasteiger partial charge in [0, 0.05) is 4.47 Å². The lowest BCUT2D eigenvalue weighted by molar-refractivity contribution is 0.163. The second-order valence-corrected chi connectivity index (χ2v) is 4.91. The zero-order valence-electron chi connectivity index (χ0n) is 9.53. The monoisotopic (exact) mass is 282 g/mol. The molecule has 88 valence electrons. The molecular formula is C14H19BrO. The number of benzene rings is 1. The number of allylic oxidation sites excluding steroid dienone is 1. The minimum absolute atomic E-state index is 0.332. The van der Waals surface area contributed by atoms with Crippen LogP contribution in [0.5, 0.6) is 0 Å². The summed E-state index contributed by atoms with van der Waals surface area (Å²) in [6, 6.07) is 7.88. The van der Waals surface area contributed by atoms with Crippen molar-refractivity contribution in [2.24, 2.45) is 0 Å². The third kappa shape index (κ3) is 4.95. The molecule has 1 nitrogen and oxygen atoms in total. The van der Waals surface area contributed by atoms with E-state index in [1.54, 1.807) is 0 Å². The van der Waals surface area contributed by atoms with E-state index in [9.17, 15) is 5.11 Å². The van der Waals surface area contributed by atoms with Gasteiger partial charge in [0.15, 0.2) is 0 Å². The van der Waals surface area contributed by atoms with E-state index in [-0.39, 0.29) is 6.10 Å². The molecule has 1 N–H and O–H groups in total. The first-order valence-electron chi connectivity index (χ1n) is 5.78. The van der Waals surface area contributed by atoms with Crippen LogP contribution in [-0.2, 0) is 0 Å². The molecule has 0 bridgehead atoms. The summed E-state index contributed by atoms with van der Waals surface area (Å²) in [5, 5.41) is 9.96. The van der Waals surface area contributed by atoms with Gasteiger partial charge in [-0.25, -0.2) is 0 Å². The largest absolute Gasteiger partial charge is 0.388 e. The topological polar surface area (TPSA) is 20.2 Å². The maximum absolute atomic E-state index is 9.96. The van der Waals surface area contributed by atoms with Crippen molar-refractivity contribution in [1.82, 2.24) is 0 Å². The number of rotatable bonds is 7. The van der Waals surface area contributed by atoms with Gasteiger partial charge in [-0.2, -0.15) is 0 Å². The molecule has 1 unspecified atom stereocenters. The van der Waals surface area contributed by atoms with Crippen LogP contribution in [-0.4, -0.2) is 5.11 Å². The van der Waals surface area contributed by atoms with E-state index < -0.39 is 0 Å². The van der Waals surface area contributed by atoms with E-state index in [2.05, 4.69) is 22.5 Å². The molecule has 0 saturated carbocycles. The second kappa shape index (κ2) is 7.64. The molecule has 1 atom stereocenters. The number of unbranched alkanes of at least 4 members (excludes halogenated alkanes) is 3. The van der Waals surface area contributed by atoms with Crippen LogP contribution in [0.25, 0.3) is 0 Å². The van der Waals surface area contributed by atoms with Crippen LogP contribution in [0, 0.1) is 0 Å². The summed E-state index contributed by atoms with van der Waals surface area (Å²) in [4.78, 5) is 0. The maximum atomic E-state index is 9.96. The van der Waals surface area contributed by atoms with Crippen LogP contribution in [0.2, 0.25) is 0 Å². The minimum Gasteiger partial charge on any atom is -0.388 e. The average Bonchev–Trinajstić information content (AvgIpc) is 2.28. The van der Waals surface area contributed by atoms with Gasteiger partial charge in [0.25, 0.3) is 0 Å². The van der Waals surface area contributed by atoms with E-state index in [1.165, 1.54) is 6.42 Å². The Kier molecular flexibility index (Phi) is 6.43. The number of aliphatic hydroxyl groups excluding tert-OH is 1. The van der Waals surface area contributed by atoms with Crippen molar-refractivity contribution >= 4 is 15.9 Å². The predicted octanol–water partition coefficient (Wildman–Crippen LogP) is 4.62. The van der Waals surface area contributed by atoms with Crippen LogP contribution in [0.3, 0.4) is 0 Å². The van der Waals surface area contributed by atoms with E-state index >= 15 is 0 Å². The van der Waals surface area contributed by atoms with Gasteiger partial charge < -0.3 is 5.11 Å². The standard InChI is InChI=1S/C14H19BrO/c1-2-3-4-5-6-10-14(16)12-8-7-9-13(15)11-12/h2,7-9,11,14,16H,1,3-6,10H2. The average molecular weight is 283 g/mol. The molecule has 1 rings (SSSR count). The molecule has 0 amide bonds. The third-order valence-corrected chi connectivity index (χ3v) is 3.11. The van der Waals surface area contributed by atoms with Gasteiger partial charge in [-0.05, 0) is 37.0 Å². The fraction of sp³-hybridized carbons (Fsp3) is 0.429. The number of hydrogen-bond donors (Lipinski definition) is 1. The summed E-state index contributed by atoms with van der Waals surface area (Å²) in [6.45, 7) is 3.70. The van der Waals surface area contributed by atoms with Gasteiger partial charge in [-0.1, -0.05) is 47.0 Å². The van der Waals surface area contributed by atoms with Crippen molar-refractivity contribution in [2.45, 2.75) is 38.2 Å². The molecule has 0 saturated heterocycles. The maximum Gasteiger partial charge on any atom is 0.0790 e. The quantitative estimate of drug-likeness (QED) is 0.572. The van der Waals surface area contributed by atoms with Crippen molar-refractivity contribution in [1.29, 1.82) is 0 Å². The molecule has 0 radical (unpaired) electrons. The number of halogens is 1. The third-order valence-electron chi connectivity index (χ3n) is 2.62. The van der Waals surface area contributed by atoms with Gasteiger partial charge in [0.1, 0.15) is 0 Å². The summed E-state index contributed by atoms with van der Waals surface area (Å²) >= 11 is 3.41. The van der Waals surface area contributed by atoms with E-state index in [0.29, 0.717) is 0 Å². The van der Waals surface area contributed by atoms with Crippen LogP contribution in [0.15, 0.2) is 41.4 Å². The Labute approximate surface area is 106 Å². The Morgan fingerprint density at radius 2 is 2.12 bits per heavy atom. The Morgan fingerprint density at radius 1 is 1.31 bits per heavy atom. The highest BCUT2D eigenvalue weighted by Crippen LogP contribution is 2.22. The SMILES string of the molecule is C=CCCCCCC(O)c1cccc(Br)c1. The van der Waals surface area contributed by atoms with Gasteiger partial charge in [-0.15, -0.1) is 6.58 Å².